The number of rotatable bonds is 2. The van der Waals surface area contributed by atoms with Crippen LogP contribution in [0.2, 0.25) is 0 Å². The highest BCUT2D eigenvalue weighted by Gasteiger charge is 2.29. The highest BCUT2D eigenvalue weighted by molar-refractivity contribution is 5.76. The number of aryl methyl sites for hydroxylation is 3. The van der Waals surface area contributed by atoms with Crippen LogP contribution < -0.4 is 5.63 Å². The lowest BCUT2D eigenvalue weighted by Crippen LogP contribution is -2.16. The molecule has 0 amide bonds. The Bertz CT molecular complexity index is 791. The van der Waals surface area contributed by atoms with Crippen molar-refractivity contribution in [2.75, 3.05) is 0 Å². The third-order valence-corrected chi connectivity index (χ3v) is 5.00. The van der Waals surface area contributed by atoms with Crippen molar-refractivity contribution in [2.45, 2.75) is 59.3 Å². The first kappa shape index (κ1) is 15.9. The zero-order chi connectivity index (χ0) is 16.7. The summed E-state index contributed by atoms with van der Waals surface area (Å²) in [5, 5.41) is 10.8. The molecule has 0 fully saturated rings. The molecular weight excluding hydrogens is 288 g/mol. The molecule has 1 aliphatic rings. The van der Waals surface area contributed by atoms with Crippen LogP contribution in [0.4, 0.5) is 0 Å². The van der Waals surface area contributed by atoms with Crippen LogP contribution in [0.3, 0.4) is 0 Å². The monoisotopic (exact) mass is 312 g/mol. The molecule has 1 N–H and O–H groups in total. The van der Waals surface area contributed by atoms with Crippen molar-refractivity contribution in [1.82, 2.24) is 0 Å². The molecule has 3 heteroatoms. The fourth-order valence-corrected chi connectivity index (χ4v) is 3.99. The zero-order valence-corrected chi connectivity index (χ0v) is 14.3. The summed E-state index contributed by atoms with van der Waals surface area (Å²) >= 11 is 0. The smallest absolute Gasteiger partial charge is 0.347 e. The molecule has 3 rings (SSSR count). The lowest BCUT2D eigenvalue weighted by molar-refractivity contribution is 0.356. The van der Waals surface area contributed by atoms with Gasteiger partial charge < -0.3 is 9.52 Å². The van der Waals surface area contributed by atoms with Gasteiger partial charge in [-0.3, -0.25) is 0 Å². The van der Waals surface area contributed by atoms with Crippen molar-refractivity contribution in [1.29, 1.82) is 0 Å². The second-order valence-electron chi connectivity index (χ2n) is 6.73. The van der Waals surface area contributed by atoms with E-state index in [9.17, 15) is 9.90 Å². The van der Waals surface area contributed by atoms with Gasteiger partial charge in [-0.2, -0.15) is 0 Å². The summed E-state index contributed by atoms with van der Waals surface area (Å²) in [6, 6.07) is 4.07. The average molecular weight is 312 g/mol. The Hall–Kier alpha value is -2.03. The fraction of sp³-hybridized carbons (Fsp3) is 0.450. The van der Waals surface area contributed by atoms with Gasteiger partial charge in [-0.1, -0.05) is 24.6 Å². The quantitative estimate of drug-likeness (QED) is 0.869. The lowest BCUT2D eigenvalue weighted by atomic mass is 9.84. The maximum absolute atomic E-state index is 12.6. The molecule has 1 heterocycles. The van der Waals surface area contributed by atoms with Crippen LogP contribution >= 0.6 is 0 Å². The molecule has 3 nitrogen and oxygen atoms in total. The third-order valence-electron chi connectivity index (χ3n) is 5.00. The molecule has 0 saturated carbocycles. The second-order valence-corrected chi connectivity index (χ2v) is 6.73. The maximum atomic E-state index is 12.6. The van der Waals surface area contributed by atoms with E-state index >= 15 is 0 Å². The van der Waals surface area contributed by atoms with E-state index in [1.807, 2.05) is 32.9 Å². The topological polar surface area (TPSA) is 50.4 Å². The van der Waals surface area contributed by atoms with Crippen molar-refractivity contribution in [3.05, 3.63) is 50.6 Å². The molecule has 0 saturated heterocycles. The minimum atomic E-state index is -0.420. The minimum absolute atomic E-state index is 0.129. The Morgan fingerprint density at radius 2 is 1.83 bits per heavy atom. The summed E-state index contributed by atoms with van der Waals surface area (Å²) in [6.45, 7) is 8.08. The van der Waals surface area contributed by atoms with Crippen molar-refractivity contribution in [2.24, 2.45) is 0 Å². The Kier molecular flexibility index (Phi) is 4.05. The SMILES string of the molecule is CCC1CCCc2c1oc(=O)c(-c1c(C)cc(C)cc1C)c2O. The van der Waals surface area contributed by atoms with Crippen LogP contribution in [0, 0.1) is 20.8 Å². The average Bonchev–Trinajstić information content (AvgIpc) is 2.49. The molecule has 0 bridgehead atoms. The molecule has 122 valence electrons. The summed E-state index contributed by atoms with van der Waals surface area (Å²) in [5.41, 5.74) is 4.69. The highest BCUT2D eigenvalue weighted by atomic mass is 16.4. The predicted octanol–water partition coefficient (Wildman–Crippen LogP) is 4.77. The molecule has 1 aliphatic carbocycles. The minimum Gasteiger partial charge on any atom is -0.507 e. The van der Waals surface area contributed by atoms with Crippen LogP contribution in [-0.4, -0.2) is 5.11 Å². The van der Waals surface area contributed by atoms with Gasteiger partial charge in [0.05, 0.1) is 0 Å². The van der Waals surface area contributed by atoms with E-state index in [0.29, 0.717) is 11.3 Å². The molecule has 0 spiro atoms. The summed E-state index contributed by atoms with van der Waals surface area (Å²) in [6.07, 6.45) is 3.75. The van der Waals surface area contributed by atoms with E-state index < -0.39 is 5.63 Å². The molecule has 23 heavy (non-hydrogen) atoms. The number of hydrogen-bond acceptors (Lipinski definition) is 3. The molecular formula is C20H24O3. The van der Waals surface area contributed by atoms with E-state index in [1.54, 1.807) is 0 Å². The van der Waals surface area contributed by atoms with Gasteiger partial charge in [0.2, 0.25) is 0 Å². The van der Waals surface area contributed by atoms with Gasteiger partial charge in [0.1, 0.15) is 17.1 Å². The molecule has 1 aromatic heterocycles. The van der Waals surface area contributed by atoms with Crippen LogP contribution in [0.5, 0.6) is 5.75 Å². The molecule has 2 aromatic rings. The summed E-state index contributed by atoms with van der Waals surface area (Å²) < 4.78 is 5.69. The van der Waals surface area contributed by atoms with Crippen LogP contribution in [0.1, 0.15) is 60.1 Å². The summed E-state index contributed by atoms with van der Waals surface area (Å²) in [5.74, 6) is 1.07. The van der Waals surface area contributed by atoms with Crippen LogP contribution in [-0.2, 0) is 6.42 Å². The van der Waals surface area contributed by atoms with Crippen molar-refractivity contribution < 1.29 is 9.52 Å². The van der Waals surface area contributed by atoms with Crippen LogP contribution in [0.15, 0.2) is 21.3 Å². The number of fused-ring (bicyclic) bond motifs is 1. The Balaban J connectivity index is 2.29. The summed E-state index contributed by atoms with van der Waals surface area (Å²) in [4.78, 5) is 12.6. The van der Waals surface area contributed by atoms with Crippen molar-refractivity contribution >= 4 is 0 Å². The Morgan fingerprint density at radius 1 is 1.17 bits per heavy atom. The van der Waals surface area contributed by atoms with Crippen molar-refractivity contribution in [3.8, 4) is 16.9 Å². The van der Waals surface area contributed by atoms with E-state index in [1.165, 1.54) is 0 Å². The third kappa shape index (κ3) is 2.58. The van der Waals surface area contributed by atoms with Crippen molar-refractivity contribution in [3.63, 3.8) is 0 Å². The van der Waals surface area contributed by atoms with E-state index in [0.717, 1.165) is 53.5 Å². The Morgan fingerprint density at radius 3 is 2.43 bits per heavy atom. The molecule has 1 aromatic carbocycles. The number of benzene rings is 1. The van der Waals surface area contributed by atoms with Gasteiger partial charge in [0.15, 0.2) is 0 Å². The molecule has 1 atom stereocenters. The zero-order valence-electron chi connectivity index (χ0n) is 14.3. The normalized spacial score (nSPS) is 17.1. The van der Waals surface area contributed by atoms with E-state index in [2.05, 4.69) is 6.92 Å². The van der Waals surface area contributed by atoms with Crippen LogP contribution in [0.25, 0.3) is 11.1 Å². The highest BCUT2D eigenvalue weighted by Crippen LogP contribution is 2.42. The van der Waals surface area contributed by atoms with Gasteiger partial charge in [-0.15, -0.1) is 0 Å². The summed E-state index contributed by atoms with van der Waals surface area (Å²) in [7, 11) is 0. The van der Waals surface area contributed by atoms with Gasteiger partial charge in [-0.05, 0) is 63.1 Å². The molecule has 0 aliphatic heterocycles. The van der Waals surface area contributed by atoms with E-state index in [-0.39, 0.29) is 11.7 Å². The molecule has 0 radical (unpaired) electrons. The number of aromatic hydroxyl groups is 1. The van der Waals surface area contributed by atoms with Gasteiger partial charge >= 0.3 is 5.63 Å². The second kappa shape index (κ2) is 5.88. The fourth-order valence-electron chi connectivity index (χ4n) is 3.99. The first-order valence-corrected chi connectivity index (χ1v) is 8.41. The van der Waals surface area contributed by atoms with Gasteiger partial charge in [0, 0.05) is 11.5 Å². The van der Waals surface area contributed by atoms with E-state index in [4.69, 9.17) is 4.42 Å². The maximum Gasteiger partial charge on any atom is 0.347 e. The Labute approximate surface area is 137 Å². The predicted molar refractivity (Wildman–Crippen MR) is 92.3 cm³/mol. The first-order chi connectivity index (χ1) is 10.9. The molecule has 1 unspecified atom stereocenters. The standard InChI is InChI=1S/C20H24O3/c1-5-14-7-6-8-15-18(21)17(20(22)23-19(14)15)16-12(3)9-11(2)10-13(16)4/h9-10,14,21H,5-8H2,1-4H3. The largest absolute Gasteiger partial charge is 0.507 e. The number of hydrogen-bond donors (Lipinski definition) is 1. The van der Waals surface area contributed by atoms with Gasteiger partial charge in [-0.25, -0.2) is 4.79 Å². The van der Waals surface area contributed by atoms with Gasteiger partial charge in [0.25, 0.3) is 0 Å². The first-order valence-electron chi connectivity index (χ1n) is 8.41. The lowest BCUT2D eigenvalue weighted by Gasteiger charge is -2.24.